The Kier molecular flexibility index (Phi) is 3.73. The summed E-state index contributed by atoms with van der Waals surface area (Å²) in [5, 5.41) is 8.99. The van der Waals surface area contributed by atoms with E-state index in [1.807, 2.05) is 36.8 Å². The maximum absolute atomic E-state index is 5.87. The molecule has 0 aliphatic carbocycles. The van der Waals surface area contributed by atoms with E-state index < -0.39 is 0 Å². The monoisotopic (exact) mass is 355 g/mol. The van der Waals surface area contributed by atoms with Gasteiger partial charge in [0.1, 0.15) is 0 Å². The summed E-state index contributed by atoms with van der Waals surface area (Å²) in [7, 11) is 5.91. The van der Waals surface area contributed by atoms with E-state index in [4.69, 9.17) is 5.73 Å². The van der Waals surface area contributed by atoms with Gasteiger partial charge in [-0.3, -0.25) is 4.90 Å². The molecule has 0 amide bonds. The number of nitrogen functional groups attached to an aromatic ring is 1. The number of fused-ring (bicyclic) bond motifs is 1. The van der Waals surface area contributed by atoms with E-state index in [-0.39, 0.29) is 0 Å². The molecule has 0 saturated heterocycles. The highest BCUT2D eigenvalue weighted by atomic mass is 127. The molecule has 2 heterocycles. The molecule has 2 aromatic heterocycles. The first-order valence-corrected chi connectivity index (χ1v) is 6.49. The summed E-state index contributed by atoms with van der Waals surface area (Å²) in [6, 6.07) is 0. The molecular weight excluding hydrogens is 341 g/mol. The van der Waals surface area contributed by atoms with E-state index >= 15 is 0 Å². The standard InChI is InChI=1S/C12H14IN5/c1-17(2)6-4-5-9-11-10(12(14)16-15-9)8(13)7-18(11)3/h7H,6H2,1-3H3,(H2,14,16). The van der Waals surface area contributed by atoms with Crippen molar-refractivity contribution in [3.05, 3.63) is 15.5 Å². The van der Waals surface area contributed by atoms with Crippen molar-refractivity contribution >= 4 is 39.3 Å². The Balaban J connectivity index is 2.58. The molecule has 0 atom stereocenters. The van der Waals surface area contributed by atoms with Gasteiger partial charge in [-0.05, 0) is 42.6 Å². The quantitative estimate of drug-likeness (QED) is 0.614. The first-order valence-electron chi connectivity index (χ1n) is 5.41. The van der Waals surface area contributed by atoms with E-state index in [0.29, 0.717) is 18.1 Å². The molecule has 0 aromatic carbocycles. The third-order valence-electron chi connectivity index (χ3n) is 2.48. The van der Waals surface area contributed by atoms with Crippen LogP contribution in [-0.4, -0.2) is 40.3 Å². The minimum atomic E-state index is 0.452. The lowest BCUT2D eigenvalue weighted by molar-refractivity contribution is 0.464. The second-order valence-electron chi connectivity index (χ2n) is 4.28. The topological polar surface area (TPSA) is 60.0 Å². The third-order valence-corrected chi connectivity index (χ3v) is 3.29. The normalized spacial score (nSPS) is 10.7. The van der Waals surface area contributed by atoms with Crippen LogP contribution >= 0.6 is 22.6 Å². The molecule has 18 heavy (non-hydrogen) atoms. The van der Waals surface area contributed by atoms with E-state index in [0.717, 1.165) is 14.5 Å². The molecule has 0 bridgehead atoms. The molecule has 5 nitrogen and oxygen atoms in total. The summed E-state index contributed by atoms with van der Waals surface area (Å²) < 4.78 is 3.05. The largest absolute Gasteiger partial charge is 0.382 e. The smallest absolute Gasteiger partial charge is 0.160 e. The van der Waals surface area contributed by atoms with Gasteiger partial charge in [0.2, 0.25) is 0 Å². The predicted molar refractivity (Wildman–Crippen MR) is 81.1 cm³/mol. The fourth-order valence-electron chi connectivity index (χ4n) is 1.68. The minimum absolute atomic E-state index is 0.452. The van der Waals surface area contributed by atoms with Crippen molar-refractivity contribution in [2.45, 2.75) is 0 Å². The van der Waals surface area contributed by atoms with Gasteiger partial charge in [-0.1, -0.05) is 5.92 Å². The summed E-state index contributed by atoms with van der Waals surface area (Å²) >= 11 is 2.24. The molecule has 0 aliphatic heterocycles. The van der Waals surface area contributed by atoms with Crippen LogP contribution < -0.4 is 5.73 Å². The van der Waals surface area contributed by atoms with Gasteiger partial charge < -0.3 is 10.3 Å². The fraction of sp³-hybridized carbons (Fsp3) is 0.333. The van der Waals surface area contributed by atoms with Crippen LogP contribution in [0.1, 0.15) is 5.69 Å². The second kappa shape index (κ2) is 5.12. The summed E-state index contributed by atoms with van der Waals surface area (Å²) in [5.41, 5.74) is 7.48. The highest BCUT2D eigenvalue weighted by Gasteiger charge is 2.13. The summed E-state index contributed by atoms with van der Waals surface area (Å²) in [5.74, 6) is 6.57. The number of anilines is 1. The molecule has 94 valence electrons. The molecule has 2 aromatic rings. The molecule has 0 fully saturated rings. The van der Waals surface area contributed by atoms with Crippen molar-refractivity contribution in [3.63, 3.8) is 0 Å². The van der Waals surface area contributed by atoms with Crippen LogP contribution in [0.2, 0.25) is 0 Å². The number of nitrogens with zero attached hydrogens (tertiary/aromatic N) is 4. The van der Waals surface area contributed by atoms with Gasteiger partial charge >= 0.3 is 0 Å². The average molecular weight is 355 g/mol. The number of hydrogen-bond acceptors (Lipinski definition) is 4. The van der Waals surface area contributed by atoms with Crippen LogP contribution in [0.25, 0.3) is 10.9 Å². The minimum Gasteiger partial charge on any atom is -0.382 e. The molecule has 2 N–H and O–H groups in total. The number of nitrogens with two attached hydrogens (primary N) is 1. The molecule has 6 heteroatoms. The number of aryl methyl sites for hydroxylation is 1. The first kappa shape index (κ1) is 13.1. The van der Waals surface area contributed by atoms with Gasteiger partial charge in [-0.15, -0.1) is 10.2 Å². The van der Waals surface area contributed by atoms with E-state index in [1.54, 1.807) is 0 Å². The van der Waals surface area contributed by atoms with Crippen LogP contribution in [0.5, 0.6) is 0 Å². The Morgan fingerprint density at radius 3 is 2.83 bits per heavy atom. The Morgan fingerprint density at radius 2 is 2.17 bits per heavy atom. The maximum atomic E-state index is 5.87. The van der Waals surface area contributed by atoms with Crippen LogP contribution in [0.15, 0.2) is 6.20 Å². The van der Waals surface area contributed by atoms with Gasteiger partial charge in [-0.2, -0.15) is 0 Å². The molecule has 0 aliphatic rings. The molecule has 0 saturated carbocycles. The zero-order chi connectivity index (χ0) is 13.3. The molecule has 0 unspecified atom stereocenters. The zero-order valence-electron chi connectivity index (χ0n) is 10.5. The Hall–Kier alpha value is -1.33. The van der Waals surface area contributed by atoms with Crippen LogP contribution in [0.4, 0.5) is 5.82 Å². The summed E-state index contributed by atoms with van der Waals surface area (Å²) in [6.45, 7) is 0.690. The highest BCUT2D eigenvalue weighted by molar-refractivity contribution is 14.1. The number of hydrogen-bond donors (Lipinski definition) is 1. The molecule has 0 spiro atoms. The number of aromatic nitrogens is 3. The van der Waals surface area contributed by atoms with Crippen LogP contribution in [0.3, 0.4) is 0 Å². The lowest BCUT2D eigenvalue weighted by Gasteiger charge is -2.02. The van der Waals surface area contributed by atoms with Crippen molar-refractivity contribution < 1.29 is 0 Å². The molecular formula is C12H14IN5. The van der Waals surface area contributed by atoms with Crippen molar-refractivity contribution in [3.8, 4) is 11.8 Å². The average Bonchev–Trinajstić information content (AvgIpc) is 2.58. The summed E-state index contributed by atoms with van der Waals surface area (Å²) in [6.07, 6.45) is 2.00. The number of rotatable bonds is 1. The highest BCUT2D eigenvalue weighted by Crippen LogP contribution is 2.27. The predicted octanol–water partition coefficient (Wildman–Crippen LogP) is 1.07. The second-order valence-corrected chi connectivity index (χ2v) is 5.45. The fourth-order valence-corrected chi connectivity index (χ4v) is 2.63. The molecule has 0 radical (unpaired) electrons. The lowest BCUT2D eigenvalue weighted by Crippen LogP contribution is -2.11. The number of halogens is 1. The van der Waals surface area contributed by atoms with E-state index in [1.165, 1.54) is 0 Å². The Labute approximate surface area is 119 Å². The van der Waals surface area contributed by atoms with Crippen molar-refractivity contribution in [2.75, 3.05) is 26.4 Å². The Morgan fingerprint density at radius 1 is 1.44 bits per heavy atom. The maximum Gasteiger partial charge on any atom is 0.160 e. The van der Waals surface area contributed by atoms with Crippen molar-refractivity contribution in [1.29, 1.82) is 0 Å². The van der Waals surface area contributed by atoms with Gasteiger partial charge in [0.15, 0.2) is 11.5 Å². The molecule has 2 rings (SSSR count). The van der Waals surface area contributed by atoms with E-state index in [9.17, 15) is 0 Å². The first-order chi connectivity index (χ1) is 8.50. The Bertz CT molecular complexity index is 648. The van der Waals surface area contributed by atoms with Gasteiger partial charge in [0, 0.05) is 16.8 Å². The SMILES string of the molecule is CN(C)CC#Cc1nnc(N)c2c(I)cn(C)c12. The van der Waals surface area contributed by atoms with Crippen LogP contribution in [-0.2, 0) is 7.05 Å². The van der Waals surface area contributed by atoms with Crippen molar-refractivity contribution in [2.24, 2.45) is 7.05 Å². The zero-order valence-corrected chi connectivity index (χ0v) is 12.7. The van der Waals surface area contributed by atoms with Gasteiger partial charge in [0.25, 0.3) is 0 Å². The van der Waals surface area contributed by atoms with Gasteiger partial charge in [-0.25, -0.2) is 0 Å². The van der Waals surface area contributed by atoms with Crippen molar-refractivity contribution in [1.82, 2.24) is 19.7 Å². The van der Waals surface area contributed by atoms with Gasteiger partial charge in [0.05, 0.1) is 17.4 Å². The lowest BCUT2D eigenvalue weighted by atomic mass is 10.2. The van der Waals surface area contributed by atoms with E-state index in [2.05, 4.69) is 44.6 Å². The van der Waals surface area contributed by atoms with Crippen LogP contribution in [0, 0.1) is 15.4 Å². The summed E-state index contributed by atoms with van der Waals surface area (Å²) in [4.78, 5) is 2.00. The third kappa shape index (κ3) is 2.42.